The number of furan rings is 2. The number of fused-ring (bicyclic) bond motifs is 18. The minimum atomic E-state index is -0.242. The lowest BCUT2D eigenvalue weighted by atomic mass is 10.0. The van der Waals surface area contributed by atoms with Crippen molar-refractivity contribution in [2.75, 3.05) is 9.80 Å². The van der Waals surface area contributed by atoms with Crippen LogP contribution in [-0.2, 0) is 0 Å². The van der Waals surface area contributed by atoms with Gasteiger partial charge in [0.25, 0.3) is 0 Å². The molecular weight excluding hydrogens is 1340 g/mol. The molecule has 0 atom stereocenters. The Kier molecular flexibility index (Phi) is 14.3. The Balaban J connectivity index is 0.000000136. The van der Waals surface area contributed by atoms with Crippen molar-refractivity contribution in [3.05, 3.63) is 363 Å². The van der Waals surface area contributed by atoms with Crippen LogP contribution in [0.25, 0.3) is 161 Å². The van der Waals surface area contributed by atoms with Gasteiger partial charge in [-0.3, -0.25) is 0 Å². The molecule has 6 nitrogen and oxygen atoms in total. The van der Waals surface area contributed by atoms with Gasteiger partial charge < -0.3 is 27.8 Å². The fourth-order valence-electron chi connectivity index (χ4n) is 16.1. The first-order valence-electron chi connectivity index (χ1n) is 35.4. The van der Waals surface area contributed by atoms with Gasteiger partial charge in [-0.2, -0.15) is 0 Å². The first kappa shape index (κ1) is 61.3. The quantitative estimate of drug-likeness (QED) is 0.137. The van der Waals surface area contributed by atoms with Crippen LogP contribution in [0.3, 0.4) is 0 Å². The van der Waals surface area contributed by atoms with Crippen molar-refractivity contribution in [3.63, 3.8) is 0 Å². The summed E-state index contributed by atoms with van der Waals surface area (Å²) in [5, 5.41) is 14.0. The molecule has 0 fully saturated rings. The van der Waals surface area contributed by atoms with E-state index in [4.69, 9.17) is 8.83 Å². The predicted molar refractivity (Wildman–Crippen MR) is 442 cm³/mol. The number of hydrogen-bond donors (Lipinski definition) is 0. The van der Waals surface area contributed by atoms with Crippen LogP contribution in [0.4, 0.5) is 42.9 Å². The van der Waals surface area contributed by atoms with Gasteiger partial charge in [0, 0.05) is 96.4 Å². The van der Waals surface area contributed by atoms with E-state index in [2.05, 4.69) is 298 Å². The fraction of sp³-hybridized carbons (Fsp3) is 0. The zero-order valence-corrected chi connectivity index (χ0v) is 58.3. The molecule has 22 aromatic rings. The van der Waals surface area contributed by atoms with Crippen LogP contribution in [-0.4, -0.2) is 9.13 Å². The van der Waals surface area contributed by atoms with Gasteiger partial charge >= 0.3 is 0 Å². The van der Waals surface area contributed by atoms with Crippen molar-refractivity contribution in [3.8, 4) is 33.6 Å². The van der Waals surface area contributed by atoms with E-state index in [0.717, 1.165) is 155 Å². The number of anilines is 6. The van der Waals surface area contributed by atoms with E-state index in [1.807, 2.05) is 71.2 Å². The molecule has 6 heterocycles. The Morgan fingerprint density at radius 3 is 1.18 bits per heavy atom. The predicted octanol–water partition coefficient (Wildman–Crippen LogP) is 28.7. The average molecular weight is 1400 g/mol. The Morgan fingerprint density at radius 1 is 0.245 bits per heavy atom. The maximum Gasteiger partial charge on any atom is 0.137 e. The van der Waals surface area contributed by atoms with E-state index < -0.39 is 0 Å². The lowest BCUT2D eigenvalue weighted by Crippen LogP contribution is -2.10. The summed E-state index contributed by atoms with van der Waals surface area (Å²) in [5.41, 5.74) is 20.7. The molecule has 0 amide bonds. The molecule has 0 saturated carbocycles. The van der Waals surface area contributed by atoms with Crippen molar-refractivity contribution in [1.29, 1.82) is 0 Å². The Hall–Kier alpha value is -13.4. The molecule has 0 radical (unpaired) electrons. The van der Waals surface area contributed by atoms with E-state index in [0.29, 0.717) is 0 Å². The summed E-state index contributed by atoms with van der Waals surface area (Å²) >= 11 is 3.67. The van der Waals surface area contributed by atoms with Crippen LogP contribution in [0.5, 0.6) is 0 Å². The van der Waals surface area contributed by atoms with Gasteiger partial charge in [-0.1, -0.05) is 170 Å². The second-order valence-corrected chi connectivity index (χ2v) is 29.1. The second kappa shape index (κ2) is 24.7. The second-order valence-electron chi connectivity index (χ2n) is 26.9. The SMILES string of the molecule is Fc1ccc(-n2c3ccccc3c3cc(-c4ccc(N(c5ccc6sc7ccccc7c6c5)c5cccc6oc7ccccc7c56)cc4)ccc32)cc1.Fc1ccc(-n2c3ccccc3c3cc(-c4ccc(N(c5cccc6c5sc5ccccc56)c5cccc6oc7ccccc7c56)cc4)ccc32)cc1. The summed E-state index contributed by atoms with van der Waals surface area (Å²) in [6.45, 7) is 0. The Labute approximate surface area is 614 Å². The molecule has 0 aliphatic rings. The third-order valence-electron chi connectivity index (χ3n) is 20.9. The minimum Gasteiger partial charge on any atom is -0.456 e. The molecule has 0 saturated heterocycles. The van der Waals surface area contributed by atoms with Crippen LogP contribution in [0.15, 0.2) is 361 Å². The van der Waals surface area contributed by atoms with Crippen LogP contribution < -0.4 is 9.80 Å². The first-order chi connectivity index (χ1) is 52.4. The van der Waals surface area contributed by atoms with E-state index in [9.17, 15) is 8.78 Å². The van der Waals surface area contributed by atoms with Gasteiger partial charge in [-0.15, -0.1) is 22.7 Å². The molecule has 0 unspecified atom stereocenters. The van der Waals surface area contributed by atoms with Crippen molar-refractivity contribution >= 4 is 185 Å². The highest BCUT2D eigenvalue weighted by atomic mass is 32.1. The van der Waals surface area contributed by atoms with Crippen molar-refractivity contribution in [2.45, 2.75) is 0 Å². The van der Waals surface area contributed by atoms with Crippen molar-refractivity contribution in [2.24, 2.45) is 0 Å². The summed E-state index contributed by atoms with van der Waals surface area (Å²) in [4.78, 5) is 4.75. The van der Waals surface area contributed by atoms with Crippen molar-refractivity contribution < 1.29 is 17.6 Å². The Morgan fingerprint density at radius 2 is 0.632 bits per heavy atom. The van der Waals surface area contributed by atoms with Gasteiger partial charge in [0.15, 0.2) is 0 Å². The monoisotopic (exact) mass is 1400 g/mol. The third kappa shape index (κ3) is 10.0. The third-order valence-corrected chi connectivity index (χ3v) is 23.3. The maximum atomic E-state index is 13.9. The lowest BCUT2D eigenvalue weighted by Gasteiger charge is -2.27. The number of nitrogens with zero attached hydrogens (tertiary/aromatic N) is 4. The highest BCUT2D eigenvalue weighted by Crippen LogP contribution is 2.50. The summed E-state index contributed by atoms with van der Waals surface area (Å²) in [7, 11) is 0. The molecule has 0 bridgehead atoms. The summed E-state index contributed by atoms with van der Waals surface area (Å²) < 4.78 is 50.0. The molecule has 500 valence electrons. The van der Waals surface area contributed by atoms with E-state index in [-0.39, 0.29) is 11.6 Å². The molecule has 16 aromatic carbocycles. The largest absolute Gasteiger partial charge is 0.456 e. The van der Waals surface area contributed by atoms with Crippen LogP contribution in [0.2, 0.25) is 0 Å². The van der Waals surface area contributed by atoms with Gasteiger partial charge in [0.1, 0.15) is 34.0 Å². The van der Waals surface area contributed by atoms with E-state index in [1.54, 1.807) is 0 Å². The van der Waals surface area contributed by atoms with Gasteiger partial charge in [-0.25, -0.2) is 8.78 Å². The fourth-order valence-corrected chi connectivity index (χ4v) is 18.4. The molecule has 22 rings (SSSR count). The number of hydrogen-bond acceptors (Lipinski definition) is 6. The van der Waals surface area contributed by atoms with Crippen molar-refractivity contribution in [1.82, 2.24) is 9.13 Å². The van der Waals surface area contributed by atoms with E-state index in [1.165, 1.54) is 64.6 Å². The molecule has 0 N–H and O–H groups in total. The molecule has 6 aromatic heterocycles. The van der Waals surface area contributed by atoms with Crippen LogP contribution in [0.1, 0.15) is 0 Å². The average Bonchev–Trinajstić information content (AvgIpc) is 1.57. The highest BCUT2D eigenvalue weighted by molar-refractivity contribution is 7.26. The number of thiophene rings is 2. The van der Waals surface area contributed by atoms with Gasteiger partial charge in [0.2, 0.25) is 0 Å². The normalized spacial score (nSPS) is 11.9. The lowest BCUT2D eigenvalue weighted by molar-refractivity contribution is 0.627. The molecular formula is C96H58F2N4O2S2. The summed E-state index contributed by atoms with van der Waals surface area (Å²) in [6.07, 6.45) is 0. The summed E-state index contributed by atoms with van der Waals surface area (Å²) in [5.74, 6) is -0.483. The zero-order valence-electron chi connectivity index (χ0n) is 56.7. The standard InChI is InChI=1S/2C48H29FN2OS/c49-32-22-26-34(27-23-32)50-40-13-4-1-9-35(40)39-29-31(21-28-41(39)50)30-19-24-33(25-20-30)51(42-14-8-17-45-47(42)38-11-2-5-16-44(38)52-45)43-15-7-12-37-36-10-3-6-18-46(36)53-48(37)43;49-32-19-23-34(24-20-32)51-41-11-4-1-8-36(41)39-28-31(18-26-42(39)51)30-16-21-33(22-17-30)50(35-25-27-47-40(29-35)37-9-3-6-15-46(37)53-47)43-12-7-14-45-48(43)38-10-2-5-13-44(38)52-45/h2*1-29H. The smallest absolute Gasteiger partial charge is 0.137 e. The number of rotatable bonds is 10. The zero-order chi connectivity index (χ0) is 70.1. The summed E-state index contributed by atoms with van der Waals surface area (Å²) in [6, 6.07) is 121. The number of aromatic nitrogens is 2. The van der Waals surface area contributed by atoms with Gasteiger partial charge in [-0.05, 0) is 204 Å². The first-order valence-corrected chi connectivity index (χ1v) is 37.0. The van der Waals surface area contributed by atoms with Crippen LogP contribution >= 0.6 is 22.7 Å². The molecule has 0 aliphatic carbocycles. The molecule has 0 aliphatic heterocycles. The highest BCUT2D eigenvalue weighted by Gasteiger charge is 2.25. The van der Waals surface area contributed by atoms with Crippen LogP contribution in [0, 0.1) is 11.6 Å². The molecule has 0 spiro atoms. The molecule has 106 heavy (non-hydrogen) atoms. The van der Waals surface area contributed by atoms with Gasteiger partial charge in [0.05, 0.1) is 54.6 Å². The Bertz CT molecular complexity index is 7230. The minimum absolute atomic E-state index is 0.242. The number of halogens is 2. The topological polar surface area (TPSA) is 42.6 Å². The molecule has 10 heteroatoms. The maximum absolute atomic E-state index is 13.9. The van der Waals surface area contributed by atoms with E-state index >= 15 is 0 Å². The number of para-hydroxylation sites is 4. The number of benzene rings is 16.